The molecule has 19 heavy (non-hydrogen) atoms. The Kier molecular flexibility index (Phi) is 3.15. The van der Waals surface area contributed by atoms with Gasteiger partial charge >= 0.3 is 5.97 Å². The number of hydrogen-bond acceptors (Lipinski definition) is 5. The average Bonchev–Trinajstić information content (AvgIpc) is 2.88. The Morgan fingerprint density at radius 3 is 2.74 bits per heavy atom. The van der Waals surface area contributed by atoms with Crippen molar-refractivity contribution in [2.45, 2.75) is 0 Å². The molecule has 0 fully saturated rings. The third-order valence-electron chi connectivity index (χ3n) is 2.51. The molecule has 0 saturated heterocycles. The quantitative estimate of drug-likeness (QED) is 0.535. The maximum atomic E-state index is 12.0. The first-order chi connectivity index (χ1) is 9.22. The van der Waals surface area contributed by atoms with Gasteiger partial charge in [0, 0.05) is 5.02 Å². The van der Waals surface area contributed by atoms with Crippen molar-refractivity contribution in [3.8, 4) is 5.75 Å². The van der Waals surface area contributed by atoms with Gasteiger partial charge in [0.1, 0.15) is 11.3 Å². The molecule has 0 unspecified atom stereocenters. The van der Waals surface area contributed by atoms with Crippen molar-refractivity contribution in [2.24, 2.45) is 0 Å². The lowest BCUT2D eigenvalue weighted by molar-refractivity contribution is 0.0735. The minimum atomic E-state index is -0.433. The molecule has 0 aliphatic heterocycles. The fraction of sp³-hybridized carbons (Fsp3) is 0. The minimum absolute atomic E-state index is 0.433. The molecule has 3 rings (SSSR count). The fourth-order valence-electron chi connectivity index (χ4n) is 1.58. The summed E-state index contributed by atoms with van der Waals surface area (Å²) in [5.74, 6) is 0.0168. The molecule has 0 N–H and O–H groups in total. The third kappa shape index (κ3) is 2.57. The van der Waals surface area contributed by atoms with Crippen LogP contribution in [0.1, 0.15) is 10.4 Å². The van der Waals surface area contributed by atoms with Crippen molar-refractivity contribution in [1.82, 2.24) is 9.59 Å². The monoisotopic (exact) mass is 290 g/mol. The molecule has 0 radical (unpaired) electrons. The second-order valence-corrected chi connectivity index (χ2v) is 5.02. The Balaban J connectivity index is 1.84. The lowest BCUT2D eigenvalue weighted by Gasteiger charge is -2.04. The van der Waals surface area contributed by atoms with Crippen LogP contribution in [0.4, 0.5) is 0 Å². The number of carbonyl (C=O) groups excluding carboxylic acids is 1. The van der Waals surface area contributed by atoms with Crippen molar-refractivity contribution in [1.29, 1.82) is 0 Å². The molecule has 1 heterocycles. The Bertz CT molecular complexity index is 740. The van der Waals surface area contributed by atoms with E-state index >= 15 is 0 Å². The molecule has 3 aromatic rings. The smallest absolute Gasteiger partial charge is 0.343 e. The van der Waals surface area contributed by atoms with Gasteiger partial charge in [-0.05, 0) is 54.0 Å². The van der Waals surface area contributed by atoms with Gasteiger partial charge in [-0.2, -0.15) is 0 Å². The van der Waals surface area contributed by atoms with Crippen LogP contribution in [0.25, 0.3) is 10.2 Å². The Hall–Kier alpha value is -1.98. The molecule has 1 aromatic heterocycles. The van der Waals surface area contributed by atoms with Gasteiger partial charge in [-0.15, -0.1) is 5.10 Å². The summed E-state index contributed by atoms with van der Waals surface area (Å²) in [7, 11) is 0. The Morgan fingerprint density at radius 2 is 1.95 bits per heavy atom. The van der Waals surface area contributed by atoms with Gasteiger partial charge in [-0.1, -0.05) is 16.1 Å². The van der Waals surface area contributed by atoms with E-state index in [1.54, 1.807) is 42.5 Å². The summed E-state index contributed by atoms with van der Waals surface area (Å²) in [6, 6.07) is 11.8. The van der Waals surface area contributed by atoms with E-state index in [0.717, 1.165) is 4.70 Å². The first-order valence-corrected chi connectivity index (χ1v) is 6.57. The molecule has 0 amide bonds. The summed E-state index contributed by atoms with van der Waals surface area (Å²) >= 11 is 7.05. The van der Waals surface area contributed by atoms with Crippen LogP contribution in [0, 0.1) is 0 Å². The van der Waals surface area contributed by atoms with Crippen LogP contribution in [-0.4, -0.2) is 15.6 Å². The van der Waals surface area contributed by atoms with Gasteiger partial charge in [0.15, 0.2) is 0 Å². The molecule has 0 atom stereocenters. The number of esters is 1. The van der Waals surface area contributed by atoms with Gasteiger partial charge in [0.2, 0.25) is 0 Å². The number of ether oxygens (including phenoxy) is 1. The van der Waals surface area contributed by atoms with Crippen LogP contribution in [-0.2, 0) is 0 Å². The van der Waals surface area contributed by atoms with Gasteiger partial charge in [-0.25, -0.2) is 4.79 Å². The molecule has 0 aliphatic rings. The first kappa shape index (κ1) is 12.1. The zero-order valence-electron chi connectivity index (χ0n) is 9.54. The summed E-state index contributed by atoms with van der Waals surface area (Å²) in [5.41, 5.74) is 1.13. The number of fused-ring (bicyclic) bond motifs is 1. The number of nitrogens with zero attached hydrogens (tertiary/aromatic N) is 2. The number of carbonyl (C=O) groups is 1. The Labute approximate surface area is 117 Å². The van der Waals surface area contributed by atoms with Gasteiger partial charge in [0.25, 0.3) is 0 Å². The highest BCUT2D eigenvalue weighted by atomic mass is 35.5. The van der Waals surface area contributed by atoms with Crippen LogP contribution in [0.15, 0.2) is 42.5 Å². The molecule has 0 spiro atoms. The first-order valence-electron chi connectivity index (χ1n) is 5.42. The molecular weight excluding hydrogens is 284 g/mol. The fourth-order valence-corrected chi connectivity index (χ4v) is 2.24. The zero-order chi connectivity index (χ0) is 13.2. The van der Waals surface area contributed by atoms with E-state index in [4.69, 9.17) is 16.3 Å². The number of halogens is 1. The van der Waals surface area contributed by atoms with Crippen molar-refractivity contribution in [2.75, 3.05) is 0 Å². The van der Waals surface area contributed by atoms with Crippen molar-refractivity contribution >= 4 is 39.3 Å². The predicted molar refractivity (Wildman–Crippen MR) is 73.8 cm³/mol. The third-order valence-corrected chi connectivity index (χ3v) is 3.46. The van der Waals surface area contributed by atoms with Gasteiger partial charge in [0.05, 0.1) is 10.3 Å². The Morgan fingerprint density at radius 1 is 1.16 bits per heavy atom. The molecule has 94 valence electrons. The maximum absolute atomic E-state index is 12.0. The minimum Gasteiger partial charge on any atom is -0.423 e. The summed E-state index contributed by atoms with van der Waals surface area (Å²) in [4.78, 5) is 12.0. The van der Waals surface area contributed by atoms with E-state index in [0.29, 0.717) is 21.9 Å². The molecule has 4 nitrogen and oxygen atoms in total. The number of benzene rings is 2. The highest BCUT2D eigenvalue weighted by Gasteiger charge is 2.10. The second-order valence-electron chi connectivity index (χ2n) is 3.80. The van der Waals surface area contributed by atoms with Crippen LogP contribution < -0.4 is 4.74 Å². The van der Waals surface area contributed by atoms with E-state index in [9.17, 15) is 4.79 Å². The molecule has 0 bridgehead atoms. The van der Waals surface area contributed by atoms with Crippen LogP contribution in [0.2, 0.25) is 5.02 Å². The highest BCUT2D eigenvalue weighted by Crippen LogP contribution is 2.20. The number of rotatable bonds is 2. The molecule has 0 aliphatic carbocycles. The zero-order valence-corrected chi connectivity index (χ0v) is 11.1. The van der Waals surface area contributed by atoms with E-state index in [1.807, 2.05) is 0 Å². The SMILES string of the molecule is O=C(Oc1ccc(Cl)cc1)c1ccc2snnc2c1. The molecule has 0 saturated carbocycles. The topological polar surface area (TPSA) is 52.1 Å². The highest BCUT2D eigenvalue weighted by molar-refractivity contribution is 7.12. The van der Waals surface area contributed by atoms with E-state index in [1.165, 1.54) is 11.5 Å². The summed E-state index contributed by atoms with van der Waals surface area (Å²) in [6.45, 7) is 0. The molecular formula is C13H7ClN2O2S. The number of hydrogen-bond donors (Lipinski definition) is 0. The van der Waals surface area contributed by atoms with Crippen molar-refractivity contribution in [3.05, 3.63) is 53.1 Å². The van der Waals surface area contributed by atoms with Gasteiger partial charge < -0.3 is 4.74 Å². The normalized spacial score (nSPS) is 10.6. The van der Waals surface area contributed by atoms with E-state index in [-0.39, 0.29) is 0 Å². The number of aromatic nitrogens is 2. The van der Waals surface area contributed by atoms with Crippen LogP contribution >= 0.6 is 23.1 Å². The average molecular weight is 291 g/mol. The summed E-state index contributed by atoms with van der Waals surface area (Å²) < 4.78 is 9.99. The lowest BCUT2D eigenvalue weighted by atomic mass is 10.2. The summed E-state index contributed by atoms with van der Waals surface area (Å²) in [5, 5.41) is 4.52. The summed E-state index contributed by atoms with van der Waals surface area (Å²) in [6.07, 6.45) is 0. The van der Waals surface area contributed by atoms with Crippen LogP contribution in [0.3, 0.4) is 0 Å². The van der Waals surface area contributed by atoms with E-state index < -0.39 is 5.97 Å². The molecule has 6 heteroatoms. The van der Waals surface area contributed by atoms with Gasteiger partial charge in [-0.3, -0.25) is 0 Å². The molecule has 2 aromatic carbocycles. The lowest BCUT2D eigenvalue weighted by Crippen LogP contribution is -2.08. The predicted octanol–water partition coefficient (Wildman–Crippen LogP) is 3.56. The second kappa shape index (κ2) is 4.95. The van der Waals surface area contributed by atoms with E-state index in [2.05, 4.69) is 9.59 Å². The van der Waals surface area contributed by atoms with Crippen molar-refractivity contribution < 1.29 is 9.53 Å². The van der Waals surface area contributed by atoms with Crippen molar-refractivity contribution in [3.63, 3.8) is 0 Å². The van der Waals surface area contributed by atoms with Crippen LogP contribution in [0.5, 0.6) is 5.75 Å². The standard InChI is InChI=1S/C13H7ClN2O2S/c14-9-2-4-10(5-3-9)18-13(17)8-1-6-12-11(7-8)15-16-19-12/h1-7H. The largest absolute Gasteiger partial charge is 0.423 e. The maximum Gasteiger partial charge on any atom is 0.343 e.